The molecule has 0 bridgehead atoms. The van der Waals surface area contributed by atoms with Gasteiger partial charge in [-0.1, -0.05) is 0 Å². The van der Waals surface area contributed by atoms with Crippen molar-refractivity contribution in [3.8, 4) is 0 Å². The van der Waals surface area contributed by atoms with Gasteiger partial charge in [0, 0.05) is 0 Å². The fraction of sp³-hybridized carbons (Fsp3) is 0.800. The molecular weight excluding hydrogens is 264 g/mol. The highest BCUT2D eigenvalue weighted by atomic mass is 19.4. The Kier molecular flexibility index (Phi) is 3.02. The average molecular weight is 265 g/mol. The Morgan fingerprint density at radius 1 is 0.750 bits per heavy atom. The third-order valence-corrected chi connectivity index (χ3v) is 1.66. The molecule has 0 amide bonds. The first kappa shape index (κ1) is 15.0. The Hall–Kier alpha value is -1.03. The van der Waals surface area contributed by atoms with E-state index in [1.54, 1.807) is 0 Å². The van der Waals surface area contributed by atoms with Crippen molar-refractivity contribution in [1.29, 1.82) is 0 Å². The zero-order chi connectivity index (χ0) is 12.3. The smallest absolute Gasteiger partial charge is 0.269 e. The van der Waals surface area contributed by atoms with Crippen LogP contribution in [-0.2, 0) is 0 Å². The third kappa shape index (κ3) is 1.36. The molecule has 0 saturated heterocycles. The Morgan fingerprint density at radius 2 is 1.12 bits per heavy atom. The van der Waals surface area contributed by atoms with E-state index < -0.39 is 29.8 Å². The molecule has 0 radical (unpaired) electrons. The molecule has 1 heterocycles. The summed E-state index contributed by atoms with van der Waals surface area (Å²) in [5, 5.41) is 0. The van der Waals surface area contributed by atoms with Crippen molar-refractivity contribution >= 4 is 5.97 Å². The van der Waals surface area contributed by atoms with E-state index in [4.69, 9.17) is 0 Å². The molecule has 16 heavy (non-hydrogen) atoms. The first-order valence-electron chi connectivity index (χ1n) is 3.15. The van der Waals surface area contributed by atoms with Gasteiger partial charge in [-0.05, 0) is 0 Å². The third-order valence-electron chi connectivity index (χ3n) is 1.66. The summed E-state index contributed by atoms with van der Waals surface area (Å²) in [6, 6.07) is -5.91. The molecule has 1 nitrogen and oxygen atoms in total. The summed E-state index contributed by atoms with van der Waals surface area (Å²) >= 11 is 0. The second-order valence-electron chi connectivity index (χ2n) is 2.67. The molecule has 0 aliphatic carbocycles. The first-order chi connectivity index (χ1) is 6.38. The maximum Gasteiger partial charge on any atom is 0.414 e. The molecule has 0 N–H and O–H groups in total. The van der Waals surface area contributed by atoms with Gasteiger partial charge in [0.2, 0.25) is 0 Å². The van der Waals surface area contributed by atoms with Gasteiger partial charge in [0.15, 0.2) is 0 Å². The first-order valence-corrected chi connectivity index (χ1v) is 3.15. The maximum atomic E-state index is 12.2. The van der Waals surface area contributed by atoms with Crippen LogP contribution in [0.4, 0.5) is 44.2 Å². The number of aliphatic imine (C=N–C) groups is 1. The van der Waals surface area contributed by atoms with Crippen molar-refractivity contribution in [2.45, 2.75) is 23.8 Å². The molecule has 0 atom stereocenters. The van der Waals surface area contributed by atoms with Crippen LogP contribution in [0, 0.1) is 0 Å². The van der Waals surface area contributed by atoms with E-state index in [0.717, 1.165) is 4.99 Å². The highest BCUT2D eigenvalue weighted by molar-refractivity contribution is 5.85. The molecule has 1 rings (SSSR count). The minimum atomic E-state index is -6.55. The standard InChI is InChI=1S/C5F9N.FH/c6-1-2(7,8)3(9,10)4(11,12)5(13,14)15-1;/h;1H. The zero-order valence-electron chi connectivity index (χ0n) is 6.76. The van der Waals surface area contributed by atoms with Crippen molar-refractivity contribution in [2.24, 2.45) is 4.99 Å². The largest absolute Gasteiger partial charge is 0.414 e. The summed E-state index contributed by atoms with van der Waals surface area (Å²) < 4.78 is 109. The zero-order valence-corrected chi connectivity index (χ0v) is 6.76. The van der Waals surface area contributed by atoms with E-state index in [9.17, 15) is 39.5 Å². The molecule has 0 spiro atoms. The molecule has 96 valence electrons. The maximum absolute atomic E-state index is 12.2. The normalized spacial score (nSPS) is 28.9. The summed E-state index contributed by atoms with van der Waals surface area (Å²) in [4.78, 5) is 0.952. The van der Waals surface area contributed by atoms with Crippen LogP contribution in [0.2, 0.25) is 0 Å². The van der Waals surface area contributed by atoms with Crippen molar-refractivity contribution in [1.82, 2.24) is 0 Å². The van der Waals surface area contributed by atoms with Crippen LogP contribution in [0.5, 0.6) is 0 Å². The lowest BCUT2D eigenvalue weighted by atomic mass is 10.00. The lowest BCUT2D eigenvalue weighted by Crippen LogP contribution is -2.67. The molecule has 0 fully saturated rings. The van der Waals surface area contributed by atoms with Crippen LogP contribution in [0.3, 0.4) is 0 Å². The molecule has 11 heteroatoms. The summed E-state index contributed by atoms with van der Waals surface area (Å²) in [6.45, 7) is 0. The van der Waals surface area contributed by atoms with Gasteiger partial charge < -0.3 is 0 Å². The van der Waals surface area contributed by atoms with Gasteiger partial charge in [-0.2, -0.15) is 44.5 Å². The number of alkyl halides is 8. The topological polar surface area (TPSA) is 12.4 Å². The molecule has 1 aliphatic rings. The number of rotatable bonds is 0. The van der Waals surface area contributed by atoms with Gasteiger partial charge in [0.05, 0.1) is 0 Å². The average Bonchev–Trinajstić information content (AvgIpc) is 2.00. The fourth-order valence-corrected chi connectivity index (χ4v) is 0.779. The van der Waals surface area contributed by atoms with E-state index in [1.807, 2.05) is 0 Å². The van der Waals surface area contributed by atoms with E-state index in [-0.39, 0.29) is 4.70 Å². The van der Waals surface area contributed by atoms with Crippen molar-refractivity contribution in [3.05, 3.63) is 0 Å². The van der Waals surface area contributed by atoms with E-state index >= 15 is 0 Å². The summed E-state index contributed by atoms with van der Waals surface area (Å²) in [5.74, 6) is -22.6. The van der Waals surface area contributed by atoms with E-state index in [0.29, 0.717) is 0 Å². The number of halogens is 10. The van der Waals surface area contributed by atoms with Crippen LogP contribution in [0.25, 0.3) is 0 Å². The number of nitrogens with zero attached hydrogens (tertiary/aromatic N) is 1. The van der Waals surface area contributed by atoms with Crippen LogP contribution >= 0.6 is 0 Å². The second-order valence-corrected chi connectivity index (χ2v) is 2.67. The summed E-state index contributed by atoms with van der Waals surface area (Å²) in [6.07, 6.45) is 0. The van der Waals surface area contributed by atoms with Gasteiger partial charge in [-0.15, -0.1) is 0 Å². The molecular formula is C5HF10N. The minimum Gasteiger partial charge on any atom is -0.269 e. The Balaban J connectivity index is 0.00000225. The van der Waals surface area contributed by atoms with Crippen molar-refractivity contribution in [3.63, 3.8) is 0 Å². The van der Waals surface area contributed by atoms with Crippen LogP contribution in [-0.4, -0.2) is 29.8 Å². The highest BCUT2D eigenvalue weighted by Gasteiger charge is 2.86. The lowest BCUT2D eigenvalue weighted by Gasteiger charge is -2.37. The molecule has 0 saturated carbocycles. The number of hydrogen-bond acceptors (Lipinski definition) is 1. The van der Waals surface area contributed by atoms with Gasteiger partial charge in [-0.3, -0.25) is 4.70 Å². The predicted molar refractivity (Wildman–Crippen MR) is 30.8 cm³/mol. The number of hydrogen-bond donors (Lipinski definition) is 0. The van der Waals surface area contributed by atoms with Crippen LogP contribution in [0.15, 0.2) is 4.99 Å². The van der Waals surface area contributed by atoms with Crippen LogP contribution in [0.1, 0.15) is 0 Å². The molecule has 1 aliphatic heterocycles. The Bertz CT molecular complexity index is 317. The van der Waals surface area contributed by atoms with Crippen LogP contribution < -0.4 is 0 Å². The lowest BCUT2D eigenvalue weighted by molar-refractivity contribution is -0.359. The SMILES string of the molecule is F.FC1=NC(F)(F)C(F)(F)C(F)(F)C1(F)F. The van der Waals surface area contributed by atoms with E-state index in [2.05, 4.69) is 0 Å². The summed E-state index contributed by atoms with van der Waals surface area (Å²) in [5.41, 5.74) is 0. The molecule has 0 aromatic carbocycles. The van der Waals surface area contributed by atoms with Crippen molar-refractivity contribution in [2.75, 3.05) is 0 Å². The van der Waals surface area contributed by atoms with Crippen molar-refractivity contribution < 1.29 is 44.2 Å². The Labute approximate surface area is 80.3 Å². The summed E-state index contributed by atoms with van der Waals surface area (Å²) in [7, 11) is 0. The van der Waals surface area contributed by atoms with Gasteiger partial charge in [0.25, 0.3) is 5.97 Å². The molecule has 0 unspecified atom stereocenters. The van der Waals surface area contributed by atoms with Gasteiger partial charge >= 0.3 is 23.8 Å². The van der Waals surface area contributed by atoms with Gasteiger partial charge in [0.1, 0.15) is 0 Å². The predicted octanol–water partition coefficient (Wildman–Crippen LogP) is 3.02. The van der Waals surface area contributed by atoms with E-state index in [1.165, 1.54) is 0 Å². The van der Waals surface area contributed by atoms with Gasteiger partial charge in [-0.25, -0.2) is 0 Å². The highest BCUT2D eigenvalue weighted by Crippen LogP contribution is 2.56. The monoisotopic (exact) mass is 265 g/mol. The quantitative estimate of drug-likeness (QED) is 0.471. The minimum absolute atomic E-state index is 0. The molecule has 0 aromatic heterocycles. The second kappa shape index (κ2) is 3.23. The fourth-order valence-electron chi connectivity index (χ4n) is 0.779. The molecule has 0 aromatic rings. The Morgan fingerprint density at radius 3 is 1.50 bits per heavy atom.